The maximum absolute atomic E-state index is 12.0. The Kier molecular flexibility index (Phi) is 5.68. The van der Waals surface area contributed by atoms with Gasteiger partial charge in [-0.15, -0.1) is 0 Å². The molecule has 0 radical (unpaired) electrons. The minimum Gasteiger partial charge on any atom is -0.342 e. The number of rotatable bonds is 6. The lowest BCUT2D eigenvalue weighted by molar-refractivity contribution is -0.120. The van der Waals surface area contributed by atoms with Crippen molar-refractivity contribution in [2.75, 3.05) is 0 Å². The van der Waals surface area contributed by atoms with Gasteiger partial charge in [0.15, 0.2) is 5.78 Å². The maximum Gasteiger partial charge on any atom is 0.253 e. The van der Waals surface area contributed by atoms with Gasteiger partial charge in [-0.05, 0) is 24.5 Å². The summed E-state index contributed by atoms with van der Waals surface area (Å²) in [5, 5.41) is 11.2. The van der Waals surface area contributed by atoms with Crippen molar-refractivity contribution in [2.24, 2.45) is 5.92 Å². The fraction of sp³-hybridized carbons (Fsp3) is 0.429. The number of carbonyl (C=O) groups is 2. The van der Waals surface area contributed by atoms with Crippen LogP contribution in [0.4, 0.5) is 0 Å². The van der Waals surface area contributed by atoms with Crippen molar-refractivity contribution >= 4 is 11.7 Å². The molecule has 0 saturated carbocycles. The van der Waals surface area contributed by atoms with Gasteiger partial charge in [-0.3, -0.25) is 14.6 Å². The van der Waals surface area contributed by atoms with E-state index in [2.05, 4.69) is 10.3 Å². The zero-order valence-corrected chi connectivity index (χ0v) is 11.1. The van der Waals surface area contributed by atoms with Crippen LogP contribution >= 0.6 is 0 Å². The Morgan fingerprint density at radius 1 is 1.47 bits per heavy atom. The third kappa shape index (κ3) is 4.88. The van der Waals surface area contributed by atoms with Crippen LogP contribution in [0.2, 0.25) is 0 Å². The Bertz CT molecular complexity index is 477. The number of ketones is 1. The van der Waals surface area contributed by atoms with Crippen molar-refractivity contribution in [3.8, 4) is 6.07 Å². The van der Waals surface area contributed by atoms with Gasteiger partial charge in [-0.1, -0.05) is 13.8 Å². The van der Waals surface area contributed by atoms with E-state index in [0.29, 0.717) is 12.0 Å². The molecule has 5 nitrogen and oxygen atoms in total. The second-order valence-electron chi connectivity index (χ2n) is 4.70. The normalized spacial score (nSPS) is 11.7. The highest BCUT2D eigenvalue weighted by Gasteiger charge is 2.22. The van der Waals surface area contributed by atoms with Crippen LogP contribution < -0.4 is 5.32 Å². The molecule has 0 spiro atoms. The van der Waals surface area contributed by atoms with Crippen LogP contribution in [0.5, 0.6) is 0 Å². The monoisotopic (exact) mass is 259 g/mol. The van der Waals surface area contributed by atoms with E-state index in [9.17, 15) is 9.59 Å². The lowest BCUT2D eigenvalue weighted by Crippen LogP contribution is -2.41. The fourth-order valence-corrected chi connectivity index (χ4v) is 1.68. The smallest absolute Gasteiger partial charge is 0.253 e. The highest BCUT2D eigenvalue weighted by atomic mass is 16.2. The number of amides is 1. The van der Waals surface area contributed by atoms with Crippen LogP contribution in [0.3, 0.4) is 0 Å². The molecule has 5 heteroatoms. The standard InChI is InChI=1S/C14H17N3O2/c1-10(2)8-12(13(18)5-6-15)17-14(19)11-4-3-7-16-9-11/h3-4,7,9-10,12H,5,8H2,1-2H3,(H,17,19)/t12-/m0/s1. The molecule has 100 valence electrons. The zero-order valence-electron chi connectivity index (χ0n) is 11.1. The summed E-state index contributed by atoms with van der Waals surface area (Å²) >= 11 is 0. The van der Waals surface area contributed by atoms with Gasteiger partial charge < -0.3 is 5.32 Å². The second kappa shape index (κ2) is 7.27. The SMILES string of the molecule is CC(C)C[C@H](NC(=O)c1cccnc1)C(=O)CC#N. The van der Waals surface area contributed by atoms with E-state index in [1.807, 2.05) is 19.9 Å². The number of nitriles is 1. The van der Waals surface area contributed by atoms with E-state index < -0.39 is 6.04 Å². The molecule has 1 N–H and O–H groups in total. The minimum atomic E-state index is -0.618. The Labute approximate surface area is 112 Å². The summed E-state index contributed by atoms with van der Waals surface area (Å²) in [7, 11) is 0. The Morgan fingerprint density at radius 2 is 2.21 bits per heavy atom. The molecule has 1 amide bonds. The van der Waals surface area contributed by atoms with E-state index >= 15 is 0 Å². The van der Waals surface area contributed by atoms with Gasteiger partial charge in [0.2, 0.25) is 0 Å². The van der Waals surface area contributed by atoms with Gasteiger partial charge in [0, 0.05) is 12.4 Å². The molecule has 0 unspecified atom stereocenters. The van der Waals surface area contributed by atoms with Crippen LogP contribution in [-0.2, 0) is 4.79 Å². The first-order chi connectivity index (χ1) is 9.04. The molecular weight excluding hydrogens is 242 g/mol. The van der Waals surface area contributed by atoms with Crippen molar-refractivity contribution in [3.05, 3.63) is 30.1 Å². The molecule has 1 rings (SSSR count). The molecule has 0 bridgehead atoms. The number of Topliss-reactive ketones (excluding diaryl/α,β-unsaturated/α-hetero) is 1. The van der Waals surface area contributed by atoms with Crippen molar-refractivity contribution in [1.82, 2.24) is 10.3 Å². The third-order valence-electron chi connectivity index (χ3n) is 2.58. The van der Waals surface area contributed by atoms with Gasteiger partial charge in [-0.25, -0.2) is 0 Å². The number of nitrogens with one attached hydrogen (secondary N) is 1. The van der Waals surface area contributed by atoms with Gasteiger partial charge in [-0.2, -0.15) is 5.26 Å². The lowest BCUT2D eigenvalue weighted by atomic mass is 9.98. The molecule has 19 heavy (non-hydrogen) atoms. The van der Waals surface area contributed by atoms with Crippen molar-refractivity contribution < 1.29 is 9.59 Å². The summed E-state index contributed by atoms with van der Waals surface area (Å²) in [5.74, 6) is -0.347. The number of nitrogens with zero attached hydrogens (tertiary/aromatic N) is 2. The molecule has 1 heterocycles. The molecular formula is C14H17N3O2. The molecule has 0 aromatic carbocycles. The molecule has 0 saturated heterocycles. The van der Waals surface area contributed by atoms with Crippen LogP contribution in [0, 0.1) is 17.2 Å². The first-order valence-electron chi connectivity index (χ1n) is 6.15. The average molecular weight is 259 g/mol. The molecule has 0 aliphatic rings. The first-order valence-corrected chi connectivity index (χ1v) is 6.15. The predicted molar refractivity (Wildman–Crippen MR) is 70.2 cm³/mol. The van der Waals surface area contributed by atoms with E-state index in [1.165, 1.54) is 6.20 Å². The summed E-state index contributed by atoms with van der Waals surface area (Å²) in [6.07, 6.45) is 3.34. The summed E-state index contributed by atoms with van der Waals surface area (Å²) in [5.41, 5.74) is 0.404. The molecule has 1 atom stereocenters. The summed E-state index contributed by atoms with van der Waals surface area (Å²) in [6, 6.07) is 4.49. The number of aromatic nitrogens is 1. The molecule has 1 aromatic rings. The van der Waals surface area contributed by atoms with Gasteiger partial charge in [0.05, 0.1) is 24.1 Å². The molecule has 0 fully saturated rings. The van der Waals surface area contributed by atoms with Crippen molar-refractivity contribution in [3.63, 3.8) is 0 Å². The number of pyridine rings is 1. The summed E-state index contributed by atoms with van der Waals surface area (Å²) in [6.45, 7) is 3.92. The summed E-state index contributed by atoms with van der Waals surface area (Å²) < 4.78 is 0. The van der Waals surface area contributed by atoms with Crippen LogP contribution in [-0.4, -0.2) is 22.7 Å². The largest absolute Gasteiger partial charge is 0.342 e. The average Bonchev–Trinajstić information content (AvgIpc) is 2.38. The molecule has 0 aliphatic carbocycles. The number of hydrogen-bond acceptors (Lipinski definition) is 4. The first kappa shape index (κ1) is 14.8. The van der Waals surface area contributed by atoms with E-state index in [1.54, 1.807) is 18.3 Å². The van der Waals surface area contributed by atoms with E-state index in [-0.39, 0.29) is 24.0 Å². The third-order valence-corrected chi connectivity index (χ3v) is 2.58. The highest BCUT2D eigenvalue weighted by Crippen LogP contribution is 2.08. The Hall–Kier alpha value is -2.22. The second-order valence-corrected chi connectivity index (χ2v) is 4.70. The predicted octanol–water partition coefficient (Wildman–Crippen LogP) is 1.71. The summed E-state index contributed by atoms with van der Waals surface area (Å²) in [4.78, 5) is 27.6. The van der Waals surface area contributed by atoms with E-state index in [0.717, 1.165) is 0 Å². The van der Waals surface area contributed by atoms with Crippen LogP contribution in [0.1, 0.15) is 37.0 Å². The Morgan fingerprint density at radius 3 is 2.74 bits per heavy atom. The highest BCUT2D eigenvalue weighted by molar-refractivity contribution is 5.98. The van der Waals surface area contributed by atoms with Gasteiger partial charge in [0.1, 0.15) is 0 Å². The van der Waals surface area contributed by atoms with Crippen LogP contribution in [0.15, 0.2) is 24.5 Å². The topological polar surface area (TPSA) is 82.8 Å². The van der Waals surface area contributed by atoms with Gasteiger partial charge >= 0.3 is 0 Å². The minimum absolute atomic E-state index is 0.190. The lowest BCUT2D eigenvalue weighted by Gasteiger charge is -2.18. The number of hydrogen-bond donors (Lipinski definition) is 1. The zero-order chi connectivity index (χ0) is 14.3. The van der Waals surface area contributed by atoms with Crippen molar-refractivity contribution in [2.45, 2.75) is 32.7 Å². The van der Waals surface area contributed by atoms with E-state index in [4.69, 9.17) is 5.26 Å². The fourth-order valence-electron chi connectivity index (χ4n) is 1.68. The van der Waals surface area contributed by atoms with Crippen molar-refractivity contribution in [1.29, 1.82) is 5.26 Å². The van der Waals surface area contributed by atoms with Crippen LogP contribution in [0.25, 0.3) is 0 Å². The number of carbonyl (C=O) groups excluding carboxylic acids is 2. The molecule has 1 aromatic heterocycles. The van der Waals surface area contributed by atoms with Gasteiger partial charge in [0.25, 0.3) is 5.91 Å². The quantitative estimate of drug-likeness (QED) is 0.843. The Balaban J connectivity index is 2.75. The maximum atomic E-state index is 12.0. The molecule has 0 aliphatic heterocycles.